The molecule has 1 unspecified atom stereocenters. The summed E-state index contributed by atoms with van der Waals surface area (Å²) in [7, 11) is 1.56. The molecule has 7 nitrogen and oxygen atoms in total. The van der Waals surface area contributed by atoms with Gasteiger partial charge in [-0.05, 0) is 29.8 Å². The molecule has 7 heteroatoms. The van der Waals surface area contributed by atoms with E-state index < -0.39 is 12.1 Å². The lowest BCUT2D eigenvalue weighted by Crippen LogP contribution is -2.58. The Morgan fingerprint density at radius 2 is 1.74 bits per heavy atom. The van der Waals surface area contributed by atoms with Gasteiger partial charge in [0.25, 0.3) is 5.91 Å². The highest BCUT2D eigenvalue weighted by Gasteiger charge is 2.37. The third kappa shape index (κ3) is 3.92. The summed E-state index contributed by atoms with van der Waals surface area (Å²) < 4.78 is 5.17. The topological polar surface area (TPSA) is 79.0 Å². The van der Waals surface area contributed by atoms with E-state index in [0.29, 0.717) is 23.4 Å². The van der Waals surface area contributed by atoms with Gasteiger partial charge in [-0.1, -0.05) is 30.3 Å². The van der Waals surface area contributed by atoms with E-state index in [1.54, 1.807) is 66.6 Å². The monoisotopic (exact) mass is 367 g/mol. The van der Waals surface area contributed by atoms with Crippen LogP contribution in [0.15, 0.2) is 54.6 Å². The van der Waals surface area contributed by atoms with Crippen molar-refractivity contribution in [3.05, 3.63) is 65.7 Å². The first-order valence-corrected chi connectivity index (χ1v) is 8.60. The number of hydrazine groups is 1. The molecule has 1 fully saturated rings. The number of carbonyl (C=O) groups excluding carboxylic acids is 3. The second-order valence-electron chi connectivity index (χ2n) is 6.18. The first-order valence-electron chi connectivity index (χ1n) is 8.60. The van der Waals surface area contributed by atoms with Crippen LogP contribution in [0.25, 0.3) is 0 Å². The minimum absolute atomic E-state index is 0.140. The van der Waals surface area contributed by atoms with Gasteiger partial charge in [-0.15, -0.1) is 0 Å². The second-order valence-corrected chi connectivity index (χ2v) is 6.18. The number of benzene rings is 2. The fourth-order valence-electron chi connectivity index (χ4n) is 3.06. The van der Waals surface area contributed by atoms with Gasteiger partial charge in [0.05, 0.1) is 7.11 Å². The third-order valence-corrected chi connectivity index (χ3v) is 4.45. The van der Waals surface area contributed by atoms with Crippen LogP contribution in [-0.4, -0.2) is 41.3 Å². The van der Waals surface area contributed by atoms with Crippen molar-refractivity contribution < 1.29 is 19.1 Å². The Kier molecular flexibility index (Phi) is 5.40. The summed E-state index contributed by atoms with van der Waals surface area (Å²) >= 11 is 0. The Balaban J connectivity index is 1.94. The Bertz CT molecular complexity index is 836. The molecule has 1 heterocycles. The minimum atomic E-state index is -0.720. The summed E-state index contributed by atoms with van der Waals surface area (Å²) in [6.07, 6.45) is -0.580. The molecule has 1 N–H and O–H groups in total. The Morgan fingerprint density at radius 1 is 1.07 bits per heavy atom. The number of hydrogen-bond donors (Lipinski definition) is 1. The van der Waals surface area contributed by atoms with E-state index >= 15 is 0 Å². The highest BCUT2D eigenvalue weighted by molar-refractivity contribution is 5.95. The summed E-state index contributed by atoms with van der Waals surface area (Å²) in [5.74, 6) is -0.178. The van der Waals surface area contributed by atoms with Gasteiger partial charge in [0.15, 0.2) is 6.17 Å². The third-order valence-electron chi connectivity index (χ3n) is 4.45. The van der Waals surface area contributed by atoms with Gasteiger partial charge in [0.1, 0.15) is 5.75 Å². The van der Waals surface area contributed by atoms with Gasteiger partial charge < -0.3 is 9.64 Å². The molecule has 27 heavy (non-hydrogen) atoms. The average Bonchev–Trinajstić information content (AvgIpc) is 2.70. The average molecular weight is 367 g/mol. The zero-order chi connectivity index (χ0) is 19.4. The van der Waals surface area contributed by atoms with E-state index in [0.717, 1.165) is 0 Å². The Hall–Kier alpha value is -3.35. The van der Waals surface area contributed by atoms with E-state index in [1.165, 1.54) is 11.9 Å². The smallest absolute Gasteiger partial charge is 0.269 e. The van der Waals surface area contributed by atoms with Crippen molar-refractivity contribution in [2.75, 3.05) is 13.7 Å². The van der Waals surface area contributed by atoms with Crippen molar-refractivity contribution in [3.8, 4) is 5.75 Å². The predicted molar refractivity (Wildman–Crippen MR) is 98.5 cm³/mol. The van der Waals surface area contributed by atoms with E-state index in [4.69, 9.17) is 4.74 Å². The number of nitrogens with zero attached hydrogens (tertiary/aromatic N) is 2. The maximum atomic E-state index is 12.6. The number of nitrogens with one attached hydrogen (secondary N) is 1. The Labute approximate surface area is 157 Å². The summed E-state index contributed by atoms with van der Waals surface area (Å²) in [6, 6.07) is 15.7. The van der Waals surface area contributed by atoms with Gasteiger partial charge >= 0.3 is 0 Å². The molecule has 0 spiro atoms. The summed E-state index contributed by atoms with van der Waals surface area (Å²) in [5.41, 5.74) is 3.80. The van der Waals surface area contributed by atoms with E-state index in [-0.39, 0.29) is 18.2 Å². The van der Waals surface area contributed by atoms with E-state index in [2.05, 4.69) is 5.43 Å². The molecule has 0 saturated carbocycles. The molecule has 2 aromatic rings. The minimum Gasteiger partial charge on any atom is -0.497 e. The zero-order valence-electron chi connectivity index (χ0n) is 15.2. The molecule has 0 aromatic heterocycles. The van der Waals surface area contributed by atoms with Crippen LogP contribution in [0.1, 0.15) is 35.4 Å². The van der Waals surface area contributed by atoms with Crippen LogP contribution in [0, 0.1) is 0 Å². The van der Waals surface area contributed by atoms with Gasteiger partial charge in [0, 0.05) is 25.5 Å². The summed E-state index contributed by atoms with van der Waals surface area (Å²) in [4.78, 5) is 38.9. The molecule has 0 radical (unpaired) electrons. The summed E-state index contributed by atoms with van der Waals surface area (Å²) in [6.45, 7) is 1.74. The van der Waals surface area contributed by atoms with Crippen molar-refractivity contribution in [2.45, 2.75) is 19.5 Å². The standard InChI is InChI=1S/C20H21N3O4/c1-14(24)22-13-12-18(25)23(21-19(26)15-6-4-3-5-7-15)20(22)16-8-10-17(27-2)11-9-16/h3-11,20H,12-13H2,1-2H3,(H,21,26). The molecular formula is C20H21N3O4. The number of hydrogen-bond acceptors (Lipinski definition) is 4. The molecule has 0 aliphatic carbocycles. The molecule has 0 bridgehead atoms. The van der Waals surface area contributed by atoms with E-state index in [9.17, 15) is 14.4 Å². The molecule has 1 aliphatic rings. The van der Waals surface area contributed by atoms with Gasteiger partial charge in [-0.3, -0.25) is 19.8 Å². The number of methoxy groups -OCH3 is 1. The number of ether oxygens (including phenoxy) is 1. The lowest BCUT2D eigenvalue weighted by atomic mass is 10.1. The first kappa shape index (κ1) is 18.4. The van der Waals surface area contributed by atoms with Crippen LogP contribution >= 0.6 is 0 Å². The van der Waals surface area contributed by atoms with Crippen LogP contribution in [0.2, 0.25) is 0 Å². The highest BCUT2D eigenvalue weighted by Crippen LogP contribution is 2.30. The molecule has 1 atom stereocenters. The number of rotatable bonds is 4. The zero-order valence-corrected chi connectivity index (χ0v) is 15.2. The lowest BCUT2D eigenvalue weighted by Gasteiger charge is -2.43. The molecule has 140 valence electrons. The lowest BCUT2D eigenvalue weighted by molar-refractivity contribution is -0.157. The van der Waals surface area contributed by atoms with Crippen LogP contribution in [0.5, 0.6) is 5.75 Å². The van der Waals surface area contributed by atoms with Crippen LogP contribution in [0.3, 0.4) is 0 Å². The maximum absolute atomic E-state index is 12.6. The van der Waals surface area contributed by atoms with Crippen LogP contribution < -0.4 is 10.2 Å². The molecule has 2 aromatic carbocycles. The van der Waals surface area contributed by atoms with Crippen molar-refractivity contribution in [1.29, 1.82) is 0 Å². The van der Waals surface area contributed by atoms with Gasteiger partial charge in [-0.2, -0.15) is 0 Å². The predicted octanol–water partition coefficient (Wildman–Crippen LogP) is 2.12. The first-order chi connectivity index (χ1) is 13.0. The Morgan fingerprint density at radius 3 is 2.33 bits per heavy atom. The number of amides is 3. The van der Waals surface area contributed by atoms with Gasteiger partial charge in [-0.25, -0.2) is 5.01 Å². The normalized spacial score (nSPS) is 16.8. The molecule has 1 saturated heterocycles. The van der Waals surface area contributed by atoms with Crippen LogP contribution in [-0.2, 0) is 9.59 Å². The molecule has 3 amide bonds. The quantitative estimate of drug-likeness (QED) is 0.898. The largest absolute Gasteiger partial charge is 0.497 e. The van der Waals surface area contributed by atoms with Crippen molar-refractivity contribution >= 4 is 17.7 Å². The van der Waals surface area contributed by atoms with Gasteiger partial charge in [0.2, 0.25) is 11.8 Å². The molecule has 3 rings (SSSR count). The fourth-order valence-corrected chi connectivity index (χ4v) is 3.06. The highest BCUT2D eigenvalue weighted by atomic mass is 16.5. The molecule has 1 aliphatic heterocycles. The number of carbonyl (C=O) groups is 3. The van der Waals surface area contributed by atoms with Crippen molar-refractivity contribution in [3.63, 3.8) is 0 Å². The fraction of sp³-hybridized carbons (Fsp3) is 0.250. The SMILES string of the molecule is COc1ccc(C2N(C(C)=O)CCC(=O)N2NC(=O)c2ccccc2)cc1. The van der Waals surface area contributed by atoms with Crippen LogP contribution in [0.4, 0.5) is 0 Å². The van der Waals surface area contributed by atoms with E-state index in [1.807, 2.05) is 0 Å². The second kappa shape index (κ2) is 7.90. The van der Waals surface area contributed by atoms with Crippen molar-refractivity contribution in [1.82, 2.24) is 15.3 Å². The van der Waals surface area contributed by atoms with Crippen molar-refractivity contribution in [2.24, 2.45) is 0 Å². The molecular weight excluding hydrogens is 346 g/mol. The maximum Gasteiger partial charge on any atom is 0.269 e. The summed E-state index contributed by atoms with van der Waals surface area (Å²) in [5, 5.41) is 1.24.